The molecule has 2 aromatic carbocycles. The molecule has 0 aliphatic heterocycles. The highest BCUT2D eigenvalue weighted by Gasteiger charge is 2.26. The van der Waals surface area contributed by atoms with Crippen LogP contribution in [0.25, 0.3) is 0 Å². The van der Waals surface area contributed by atoms with Gasteiger partial charge in [-0.2, -0.15) is 16.5 Å². The van der Waals surface area contributed by atoms with Crippen LogP contribution in [0.5, 0.6) is 5.75 Å². The Morgan fingerprint density at radius 2 is 1.89 bits per heavy atom. The SMILES string of the molecule is CSCCC(NS(=O)(=O)c1ccc(Br)cc1)C(=O)Nc1ccc(C)cc1O. The van der Waals surface area contributed by atoms with E-state index in [4.69, 9.17) is 0 Å². The number of carbonyl (C=O) groups is 1. The number of amides is 1. The van der Waals surface area contributed by atoms with Gasteiger partial charge in [0.2, 0.25) is 15.9 Å². The number of rotatable bonds is 8. The van der Waals surface area contributed by atoms with Crippen LogP contribution in [-0.4, -0.2) is 37.5 Å². The molecule has 3 N–H and O–H groups in total. The molecule has 0 saturated carbocycles. The summed E-state index contributed by atoms with van der Waals surface area (Å²) in [5.74, 6) is 0.00695. The number of carbonyl (C=O) groups excluding carboxylic acids is 1. The Balaban J connectivity index is 2.20. The molecule has 0 heterocycles. The molecule has 2 aromatic rings. The van der Waals surface area contributed by atoms with E-state index < -0.39 is 22.0 Å². The van der Waals surface area contributed by atoms with Crippen molar-refractivity contribution in [2.24, 2.45) is 0 Å². The summed E-state index contributed by atoms with van der Waals surface area (Å²) < 4.78 is 28.5. The van der Waals surface area contributed by atoms with E-state index in [1.807, 2.05) is 13.2 Å². The van der Waals surface area contributed by atoms with E-state index in [9.17, 15) is 18.3 Å². The van der Waals surface area contributed by atoms with Crippen molar-refractivity contribution in [3.05, 3.63) is 52.5 Å². The van der Waals surface area contributed by atoms with Crippen molar-refractivity contribution in [2.45, 2.75) is 24.3 Å². The summed E-state index contributed by atoms with van der Waals surface area (Å²) >= 11 is 4.78. The molecule has 0 saturated heterocycles. The van der Waals surface area contributed by atoms with Crippen LogP contribution in [0.2, 0.25) is 0 Å². The highest BCUT2D eigenvalue weighted by Crippen LogP contribution is 2.24. The molecule has 1 unspecified atom stereocenters. The first-order chi connectivity index (χ1) is 12.7. The van der Waals surface area contributed by atoms with Gasteiger partial charge in [-0.15, -0.1) is 0 Å². The van der Waals surface area contributed by atoms with Gasteiger partial charge in [0.1, 0.15) is 11.8 Å². The van der Waals surface area contributed by atoms with Crippen molar-refractivity contribution in [1.29, 1.82) is 0 Å². The number of anilines is 1. The largest absolute Gasteiger partial charge is 0.506 e. The summed E-state index contributed by atoms with van der Waals surface area (Å²) in [6.45, 7) is 1.82. The Morgan fingerprint density at radius 1 is 1.22 bits per heavy atom. The van der Waals surface area contributed by atoms with Crippen LogP contribution in [0.1, 0.15) is 12.0 Å². The first-order valence-corrected chi connectivity index (χ1v) is 11.8. The number of sulfonamides is 1. The van der Waals surface area contributed by atoms with Gasteiger partial charge in [0.15, 0.2) is 0 Å². The standard InChI is InChI=1S/C18H21BrN2O4S2/c1-12-3-8-15(17(22)11-12)20-18(23)16(9-10-26-2)21-27(24,25)14-6-4-13(19)5-7-14/h3-8,11,16,21-22H,9-10H2,1-2H3,(H,20,23). The minimum atomic E-state index is -3.86. The molecule has 0 aromatic heterocycles. The zero-order chi connectivity index (χ0) is 20.0. The Bertz CT molecular complexity index is 902. The second-order valence-corrected chi connectivity index (χ2v) is 9.53. The highest BCUT2D eigenvalue weighted by molar-refractivity contribution is 9.10. The number of aryl methyl sites for hydroxylation is 1. The van der Waals surface area contributed by atoms with E-state index in [1.54, 1.807) is 24.3 Å². The fourth-order valence-corrected chi connectivity index (χ4v) is 4.28. The molecule has 1 amide bonds. The van der Waals surface area contributed by atoms with Gasteiger partial charge in [0.25, 0.3) is 0 Å². The number of hydrogen-bond acceptors (Lipinski definition) is 5. The maximum Gasteiger partial charge on any atom is 0.242 e. The number of benzene rings is 2. The maximum absolute atomic E-state index is 12.7. The normalized spacial score (nSPS) is 12.6. The number of hydrogen-bond donors (Lipinski definition) is 3. The van der Waals surface area contributed by atoms with Gasteiger partial charge in [0, 0.05) is 4.47 Å². The fourth-order valence-electron chi connectivity index (χ4n) is 2.32. The molecule has 0 fully saturated rings. The molecule has 0 spiro atoms. The first-order valence-electron chi connectivity index (χ1n) is 8.10. The molecule has 146 valence electrons. The second-order valence-electron chi connectivity index (χ2n) is 5.92. The summed E-state index contributed by atoms with van der Waals surface area (Å²) in [5, 5.41) is 12.6. The van der Waals surface area contributed by atoms with Crippen LogP contribution in [0.15, 0.2) is 51.8 Å². The Hall–Kier alpha value is -1.55. The molecule has 1 atom stereocenters. The van der Waals surface area contributed by atoms with E-state index >= 15 is 0 Å². The van der Waals surface area contributed by atoms with Crippen LogP contribution in [0.4, 0.5) is 5.69 Å². The first kappa shape index (κ1) is 21.7. The number of nitrogens with one attached hydrogen (secondary N) is 2. The summed E-state index contributed by atoms with van der Waals surface area (Å²) in [6, 6.07) is 10.1. The lowest BCUT2D eigenvalue weighted by Gasteiger charge is -2.19. The smallest absolute Gasteiger partial charge is 0.242 e. The molecular weight excluding hydrogens is 452 g/mol. The minimum Gasteiger partial charge on any atom is -0.506 e. The predicted molar refractivity (Wildman–Crippen MR) is 113 cm³/mol. The average Bonchev–Trinajstić information content (AvgIpc) is 2.61. The van der Waals surface area contributed by atoms with Gasteiger partial charge in [0.05, 0.1) is 10.6 Å². The van der Waals surface area contributed by atoms with Gasteiger partial charge < -0.3 is 10.4 Å². The fraction of sp³-hybridized carbons (Fsp3) is 0.278. The Labute approximate surface area is 171 Å². The summed E-state index contributed by atoms with van der Waals surface area (Å²) in [5.41, 5.74) is 1.09. The van der Waals surface area contributed by atoms with Crippen molar-refractivity contribution in [3.8, 4) is 5.75 Å². The van der Waals surface area contributed by atoms with Crippen LogP contribution in [0, 0.1) is 6.92 Å². The van der Waals surface area contributed by atoms with Crippen molar-refractivity contribution in [1.82, 2.24) is 4.72 Å². The topological polar surface area (TPSA) is 95.5 Å². The van der Waals surface area contributed by atoms with Crippen molar-refractivity contribution in [2.75, 3.05) is 17.3 Å². The van der Waals surface area contributed by atoms with Crippen molar-refractivity contribution in [3.63, 3.8) is 0 Å². The molecule has 6 nitrogen and oxygen atoms in total. The van der Waals surface area contributed by atoms with E-state index in [2.05, 4.69) is 26.0 Å². The lowest BCUT2D eigenvalue weighted by molar-refractivity contribution is -0.117. The van der Waals surface area contributed by atoms with Crippen LogP contribution in [-0.2, 0) is 14.8 Å². The lowest BCUT2D eigenvalue weighted by atomic mass is 10.2. The summed E-state index contributed by atoms with van der Waals surface area (Å²) in [7, 11) is -3.86. The van der Waals surface area contributed by atoms with Crippen LogP contribution < -0.4 is 10.0 Å². The zero-order valence-electron chi connectivity index (χ0n) is 14.9. The number of thioether (sulfide) groups is 1. The monoisotopic (exact) mass is 472 g/mol. The molecule has 0 aliphatic rings. The second kappa shape index (κ2) is 9.59. The van der Waals surface area contributed by atoms with Crippen molar-refractivity contribution >= 4 is 49.3 Å². The van der Waals surface area contributed by atoms with Crippen LogP contribution in [0.3, 0.4) is 0 Å². The van der Waals surface area contributed by atoms with Crippen LogP contribution >= 0.6 is 27.7 Å². The van der Waals surface area contributed by atoms with E-state index in [0.29, 0.717) is 12.2 Å². The van der Waals surface area contributed by atoms with E-state index in [-0.39, 0.29) is 16.3 Å². The quantitative estimate of drug-likeness (QED) is 0.510. The number of phenolic OH excluding ortho intramolecular Hbond substituents is 1. The zero-order valence-corrected chi connectivity index (χ0v) is 18.1. The predicted octanol–water partition coefficient (Wildman–Crippen LogP) is 3.50. The summed E-state index contributed by atoms with van der Waals surface area (Å²) in [4.78, 5) is 12.7. The molecule has 2 rings (SSSR count). The molecule has 0 radical (unpaired) electrons. The Morgan fingerprint density at radius 3 is 2.48 bits per heavy atom. The third-order valence-electron chi connectivity index (χ3n) is 3.76. The molecule has 0 bridgehead atoms. The third-order valence-corrected chi connectivity index (χ3v) is 6.42. The average molecular weight is 473 g/mol. The Kier molecular flexibility index (Phi) is 7.72. The number of phenols is 1. The van der Waals surface area contributed by atoms with Gasteiger partial charge in [-0.25, -0.2) is 8.42 Å². The number of halogens is 1. The molecular formula is C18H21BrN2O4S2. The minimum absolute atomic E-state index is 0.0669. The van der Waals surface area contributed by atoms with E-state index in [1.165, 1.54) is 30.0 Å². The van der Waals surface area contributed by atoms with E-state index in [0.717, 1.165) is 10.0 Å². The maximum atomic E-state index is 12.7. The molecule has 9 heteroatoms. The van der Waals surface area contributed by atoms with Gasteiger partial charge in [-0.05, 0) is 67.3 Å². The highest BCUT2D eigenvalue weighted by atomic mass is 79.9. The van der Waals surface area contributed by atoms with Gasteiger partial charge in [-0.1, -0.05) is 22.0 Å². The molecule has 27 heavy (non-hydrogen) atoms. The summed E-state index contributed by atoms with van der Waals surface area (Å²) in [6.07, 6.45) is 2.19. The van der Waals surface area contributed by atoms with Crippen molar-refractivity contribution < 1.29 is 18.3 Å². The van der Waals surface area contributed by atoms with Gasteiger partial charge in [-0.3, -0.25) is 4.79 Å². The lowest BCUT2D eigenvalue weighted by Crippen LogP contribution is -2.44. The third kappa shape index (κ3) is 6.24. The number of aromatic hydroxyl groups is 1. The van der Waals surface area contributed by atoms with Gasteiger partial charge >= 0.3 is 0 Å². The molecule has 0 aliphatic carbocycles.